The number of sulfonamides is 1. The number of thiophene rings is 1. The molecule has 0 spiro atoms. The van der Waals surface area contributed by atoms with Crippen molar-refractivity contribution in [3.8, 4) is 0 Å². The van der Waals surface area contributed by atoms with Gasteiger partial charge < -0.3 is 18.9 Å². The zero-order valence-corrected chi connectivity index (χ0v) is 16.5. The SMILES string of the molecule is C=CCOCC1CC(OCOCCOC)c2cc(S(N)(=O)=O)sc2S1. The molecule has 1 aliphatic heterocycles. The Labute approximate surface area is 156 Å². The monoisotopic (exact) mass is 409 g/mol. The number of hydrogen-bond donors (Lipinski definition) is 1. The predicted molar refractivity (Wildman–Crippen MR) is 97.5 cm³/mol. The van der Waals surface area contributed by atoms with Crippen molar-refractivity contribution in [2.75, 3.05) is 40.3 Å². The molecule has 2 heterocycles. The molecule has 25 heavy (non-hydrogen) atoms. The summed E-state index contributed by atoms with van der Waals surface area (Å²) in [6.07, 6.45) is 2.13. The summed E-state index contributed by atoms with van der Waals surface area (Å²) in [6, 6.07) is 1.60. The van der Waals surface area contributed by atoms with Crippen LogP contribution in [0.3, 0.4) is 0 Å². The second kappa shape index (κ2) is 10.0. The first-order valence-electron chi connectivity index (χ1n) is 7.65. The van der Waals surface area contributed by atoms with E-state index in [0.717, 1.165) is 9.77 Å². The van der Waals surface area contributed by atoms with Crippen LogP contribution in [0.25, 0.3) is 0 Å². The highest BCUT2D eigenvalue weighted by Gasteiger charge is 2.32. The predicted octanol–water partition coefficient (Wildman–Crippen LogP) is 2.14. The highest BCUT2D eigenvalue weighted by atomic mass is 32.3. The van der Waals surface area contributed by atoms with E-state index in [-0.39, 0.29) is 22.4 Å². The van der Waals surface area contributed by atoms with Gasteiger partial charge in [0.1, 0.15) is 11.0 Å². The van der Waals surface area contributed by atoms with Crippen molar-refractivity contribution in [1.82, 2.24) is 0 Å². The Morgan fingerprint density at radius 2 is 2.20 bits per heavy atom. The van der Waals surface area contributed by atoms with Crippen molar-refractivity contribution >= 4 is 33.1 Å². The number of hydrogen-bond acceptors (Lipinski definition) is 8. The van der Waals surface area contributed by atoms with Crippen LogP contribution in [-0.2, 0) is 29.0 Å². The molecule has 1 aromatic rings. The lowest BCUT2D eigenvalue weighted by molar-refractivity contribution is -0.103. The van der Waals surface area contributed by atoms with E-state index >= 15 is 0 Å². The standard InChI is InChI=1S/C15H23NO6S3/c1-3-4-20-9-11-7-13(22-10-21-6-5-19-2)12-8-14(25(16,17)18)24-15(12)23-11/h3,8,11,13H,1,4-7,9-10H2,2H3,(H2,16,17,18). The third-order valence-corrected chi connectivity index (χ3v) is 7.42. The molecule has 0 saturated heterocycles. The smallest absolute Gasteiger partial charge is 0.247 e. The van der Waals surface area contributed by atoms with Gasteiger partial charge in [0, 0.05) is 17.9 Å². The van der Waals surface area contributed by atoms with Gasteiger partial charge in [0.05, 0.1) is 36.7 Å². The molecular formula is C15H23NO6S3. The average molecular weight is 410 g/mol. The van der Waals surface area contributed by atoms with Gasteiger partial charge in [-0.2, -0.15) is 0 Å². The van der Waals surface area contributed by atoms with E-state index in [1.165, 1.54) is 11.3 Å². The molecule has 0 bridgehead atoms. The van der Waals surface area contributed by atoms with Gasteiger partial charge in [0.25, 0.3) is 0 Å². The van der Waals surface area contributed by atoms with Gasteiger partial charge in [0.15, 0.2) is 0 Å². The number of rotatable bonds is 11. The van der Waals surface area contributed by atoms with Crippen LogP contribution in [0.1, 0.15) is 18.1 Å². The number of primary sulfonamides is 1. The fourth-order valence-electron chi connectivity index (χ4n) is 2.26. The van der Waals surface area contributed by atoms with E-state index in [0.29, 0.717) is 32.8 Å². The van der Waals surface area contributed by atoms with Gasteiger partial charge in [0.2, 0.25) is 10.0 Å². The van der Waals surface area contributed by atoms with E-state index in [2.05, 4.69) is 6.58 Å². The third kappa shape index (κ3) is 6.33. The summed E-state index contributed by atoms with van der Waals surface area (Å²) in [4.78, 5) is 0. The topological polar surface area (TPSA) is 97.1 Å². The van der Waals surface area contributed by atoms with Crippen molar-refractivity contribution in [3.63, 3.8) is 0 Å². The molecule has 2 unspecified atom stereocenters. The second-order valence-corrected chi connectivity index (χ2v) is 9.74. The number of thioether (sulfide) groups is 1. The summed E-state index contributed by atoms with van der Waals surface area (Å²) >= 11 is 2.76. The molecule has 0 saturated carbocycles. The first-order valence-corrected chi connectivity index (χ1v) is 10.9. The first-order chi connectivity index (χ1) is 12.0. The Balaban J connectivity index is 2.07. The lowest BCUT2D eigenvalue weighted by atomic mass is 10.1. The maximum absolute atomic E-state index is 11.6. The minimum absolute atomic E-state index is 0.110. The Morgan fingerprint density at radius 1 is 1.40 bits per heavy atom. The highest BCUT2D eigenvalue weighted by Crippen LogP contribution is 2.47. The van der Waals surface area contributed by atoms with Gasteiger partial charge in [-0.1, -0.05) is 6.08 Å². The zero-order chi connectivity index (χ0) is 18.3. The van der Waals surface area contributed by atoms with E-state index in [4.69, 9.17) is 24.1 Å². The molecule has 10 heteroatoms. The van der Waals surface area contributed by atoms with Crippen molar-refractivity contribution in [2.24, 2.45) is 5.14 Å². The van der Waals surface area contributed by atoms with Crippen LogP contribution in [0.5, 0.6) is 0 Å². The van der Waals surface area contributed by atoms with Crippen LogP contribution >= 0.6 is 23.1 Å². The maximum Gasteiger partial charge on any atom is 0.247 e. The summed E-state index contributed by atoms with van der Waals surface area (Å²) in [5.74, 6) is 0. The van der Waals surface area contributed by atoms with Gasteiger partial charge in [-0.05, 0) is 12.5 Å². The van der Waals surface area contributed by atoms with Crippen LogP contribution in [0, 0.1) is 0 Å². The molecule has 2 atom stereocenters. The van der Waals surface area contributed by atoms with E-state index in [9.17, 15) is 8.42 Å². The molecule has 0 aromatic carbocycles. The molecule has 7 nitrogen and oxygen atoms in total. The molecule has 0 radical (unpaired) electrons. The Bertz CT molecular complexity index is 660. The summed E-state index contributed by atoms with van der Waals surface area (Å²) in [6.45, 7) is 5.66. The van der Waals surface area contributed by atoms with Crippen LogP contribution in [-0.4, -0.2) is 54.0 Å². The fraction of sp³-hybridized carbons (Fsp3) is 0.600. The number of fused-ring (bicyclic) bond motifs is 1. The lowest BCUT2D eigenvalue weighted by Gasteiger charge is -2.28. The Kier molecular flexibility index (Phi) is 8.36. The van der Waals surface area contributed by atoms with E-state index in [1.807, 2.05) is 0 Å². The molecule has 1 aliphatic rings. The largest absolute Gasteiger partial charge is 0.382 e. The molecule has 2 rings (SSSR count). The second-order valence-electron chi connectivity index (χ2n) is 5.33. The van der Waals surface area contributed by atoms with E-state index < -0.39 is 10.0 Å². The molecular weight excluding hydrogens is 386 g/mol. The van der Waals surface area contributed by atoms with Gasteiger partial charge in [-0.25, -0.2) is 13.6 Å². The zero-order valence-electron chi connectivity index (χ0n) is 14.0. The number of ether oxygens (including phenoxy) is 4. The highest BCUT2D eigenvalue weighted by molar-refractivity contribution is 8.02. The summed E-state index contributed by atoms with van der Waals surface area (Å²) in [7, 11) is -2.13. The van der Waals surface area contributed by atoms with Gasteiger partial charge >= 0.3 is 0 Å². The van der Waals surface area contributed by atoms with E-state index in [1.54, 1.807) is 31.0 Å². The molecule has 0 amide bonds. The quantitative estimate of drug-likeness (QED) is 0.340. The molecule has 0 aliphatic carbocycles. The van der Waals surface area contributed by atoms with Crippen LogP contribution in [0.2, 0.25) is 0 Å². The van der Waals surface area contributed by atoms with Crippen LogP contribution < -0.4 is 5.14 Å². The van der Waals surface area contributed by atoms with Crippen molar-refractivity contribution in [3.05, 3.63) is 24.3 Å². The van der Waals surface area contributed by atoms with Gasteiger partial charge in [-0.3, -0.25) is 0 Å². The maximum atomic E-state index is 11.6. The molecule has 1 aromatic heterocycles. The normalized spacial score (nSPS) is 20.4. The van der Waals surface area contributed by atoms with Gasteiger partial charge in [-0.15, -0.1) is 29.7 Å². The minimum Gasteiger partial charge on any atom is -0.382 e. The Hall–Kier alpha value is -0.460. The fourth-order valence-corrected chi connectivity index (χ4v) is 6.04. The number of nitrogens with two attached hydrogens (primary N) is 1. The van der Waals surface area contributed by atoms with Crippen molar-refractivity contribution in [1.29, 1.82) is 0 Å². The minimum atomic E-state index is -3.73. The van der Waals surface area contributed by atoms with Crippen LogP contribution in [0.4, 0.5) is 0 Å². The summed E-state index contributed by atoms with van der Waals surface area (Å²) < 4.78 is 46.0. The van der Waals surface area contributed by atoms with Crippen molar-refractivity contribution in [2.45, 2.75) is 26.2 Å². The van der Waals surface area contributed by atoms with Crippen LogP contribution in [0.15, 0.2) is 27.1 Å². The lowest BCUT2D eigenvalue weighted by Crippen LogP contribution is -2.22. The third-order valence-electron chi connectivity index (χ3n) is 3.40. The number of methoxy groups -OCH3 is 1. The molecule has 2 N–H and O–H groups in total. The average Bonchev–Trinajstić information content (AvgIpc) is 2.99. The first kappa shape index (κ1) is 20.8. The summed E-state index contributed by atoms with van der Waals surface area (Å²) in [5.41, 5.74) is 0.842. The summed E-state index contributed by atoms with van der Waals surface area (Å²) in [5, 5.41) is 5.42. The van der Waals surface area contributed by atoms with Crippen molar-refractivity contribution < 1.29 is 27.4 Å². The molecule has 0 fully saturated rings. The molecule has 142 valence electrons. The Morgan fingerprint density at radius 3 is 2.88 bits per heavy atom.